The van der Waals surface area contributed by atoms with Crippen molar-refractivity contribution in [3.8, 4) is 0 Å². The van der Waals surface area contributed by atoms with Crippen LogP contribution >= 0.6 is 22.9 Å². The van der Waals surface area contributed by atoms with Crippen molar-refractivity contribution < 1.29 is 13.9 Å². The molecule has 1 unspecified atom stereocenters. The van der Waals surface area contributed by atoms with Crippen LogP contribution in [-0.4, -0.2) is 5.11 Å². The number of aliphatic hydroxyl groups is 1. The van der Waals surface area contributed by atoms with Crippen LogP contribution in [0.15, 0.2) is 42.5 Å². The first kappa shape index (κ1) is 14.4. The standard InChI is InChI=1S/C16H11ClF2OS/c17-12-2-1-3-13(19)11(12)8-14(20)16-7-9-6-10(18)4-5-15(9)21-16/h1-7,14,20H,8H2. The highest BCUT2D eigenvalue weighted by molar-refractivity contribution is 7.19. The molecule has 0 saturated carbocycles. The summed E-state index contributed by atoms with van der Waals surface area (Å²) in [6.45, 7) is 0. The van der Waals surface area contributed by atoms with E-state index in [1.807, 2.05) is 0 Å². The van der Waals surface area contributed by atoms with E-state index in [-0.39, 0.29) is 17.8 Å². The van der Waals surface area contributed by atoms with Crippen molar-refractivity contribution >= 4 is 33.0 Å². The fourth-order valence-electron chi connectivity index (χ4n) is 2.22. The lowest BCUT2D eigenvalue weighted by Gasteiger charge is -2.10. The first-order chi connectivity index (χ1) is 10.0. The van der Waals surface area contributed by atoms with E-state index in [9.17, 15) is 13.9 Å². The number of halogens is 3. The van der Waals surface area contributed by atoms with Crippen molar-refractivity contribution in [2.24, 2.45) is 0 Å². The molecule has 21 heavy (non-hydrogen) atoms. The monoisotopic (exact) mass is 324 g/mol. The maximum Gasteiger partial charge on any atom is 0.127 e. The second-order valence-corrected chi connectivity index (χ2v) is 6.27. The number of fused-ring (bicyclic) bond motifs is 1. The predicted octanol–water partition coefficient (Wildman–Crippen LogP) is 5.11. The van der Waals surface area contributed by atoms with Gasteiger partial charge < -0.3 is 5.11 Å². The van der Waals surface area contributed by atoms with Gasteiger partial charge in [-0.15, -0.1) is 11.3 Å². The molecule has 0 spiro atoms. The molecule has 0 radical (unpaired) electrons. The molecular formula is C16H11ClF2OS. The van der Waals surface area contributed by atoms with Gasteiger partial charge in [-0.3, -0.25) is 0 Å². The van der Waals surface area contributed by atoms with Crippen LogP contribution in [0.1, 0.15) is 16.5 Å². The van der Waals surface area contributed by atoms with E-state index in [1.165, 1.54) is 35.6 Å². The highest BCUT2D eigenvalue weighted by atomic mass is 35.5. The van der Waals surface area contributed by atoms with Gasteiger partial charge in [0.1, 0.15) is 11.6 Å². The van der Waals surface area contributed by atoms with Crippen molar-refractivity contribution in [1.29, 1.82) is 0 Å². The van der Waals surface area contributed by atoms with Crippen molar-refractivity contribution in [3.05, 3.63) is 69.6 Å². The Hall–Kier alpha value is -1.49. The molecule has 1 heterocycles. The number of hydrogen-bond donors (Lipinski definition) is 1. The van der Waals surface area contributed by atoms with E-state index >= 15 is 0 Å². The summed E-state index contributed by atoms with van der Waals surface area (Å²) in [4.78, 5) is 0.662. The summed E-state index contributed by atoms with van der Waals surface area (Å²) in [5.41, 5.74) is 0.287. The molecule has 0 amide bonds. The van der Waals surface area contributed by atoms with Gasteiger partial charge in [0.05, 0.1) is 6.10 Å². The molecule has 0 bridgehead atoms. The van der Waals surface area contributed by atoms with Gasteiger partial charge in [-0.1, -0.05) is 17.7 Å². The minimum Gasteiger partial charge on any atom is -0.387 e. The fraction of sp³-hybridized carbons (Fsp3) is 0.125. The molecule has 3 rings (SSSR count). The molecule has 0 aliphatic heterocycles. The van der Waals surface area contributed by atoms with Crippen LogP contribution in [0.25, 0.3) is 10.1 Å². The van der Waals surface area contributed by atoms with E-state index in [0.717, 1.165) is 10.1 Å². The first-order valence-electron chi connectivity index (χ1n) is 6.34. The van der Waals surface area contributed by atoms with Gasteiger partial charge in [-0.25, -0.2) is 8.78 Å². The summed E-state index contributed by atoms with van der Waals surface area (Å²) >= 11 is 7.33. The largest absolute Gasteiger partial charge is 0.387 e. The number of hydrogen-bond acceptors (Lipinski definition) is 2. The Kier molecular flexibility index (Phi) is 3.93. The first-order valence-corrected chi connectivity index (χ1v) is 7.54. The Morgan fingerprint density at radius 3 is 2.71 bits per heavy atom. The Balaban J connectivity index is 1.91. The smallest absolute Gasteiger partial charge is 0.127 e. The molecule has 108 valence electrons. The predicted molar refractivity (Wildman–Crippen MR) is 81.9 cm³/mol. The van der Waals surface area contributed by atoms with Gasteiger partial charge in [-0.2, -0.15) is 0 Å². The molecular weight excluding hydrogens is 314 g/mol. The molecule has 1 aromatic heterocycles. The normalized spacial score (nSPS) is 12.8. The maximum atomic E-state index is 13.7. The molecule has 0 aliphatic carbocycles. The Morgan fingerprint density at radius 1 is 1.14 bits per heavy atom. The summed E-state index contributed by atoms with van der Waals surface area (Å²) < 4.78 is 27.8. The average Bonchev–Trinajstić information content (AvgIpc) is 2.86. The van der Waals surface area contributed by atoms with Crippen LogP contribution in [0.4, 0.5) is 8.78 Å². The molecule has 0 aliphatic rings. The summed E-state index contributed by atoms with van der Waals surface area (Å²) in [6.07, 6.45) is -0.791. The maximum absolute atomic E-state index is 13.7. The van der Waals surface area contributed by atoms with Crippen LogP contribution in [0, 0.1) is 11.6 Å². The topological polar surface area (TPSA) is 20.2 Å². The lowest BCUT2D eigenvalue weighted by molar-refractivity contribution is 0.181. The Morgan fingerprint density at radius 2 is 1.95 bits per heavy atom. The molecule has 1 N–H and O–H groups in total. The Bertz CT molecular complexity index is 780. The molecule has 1 nitrogen and oxygen atoms in total. The molecule has 5 heteroatoms. The van der Waals surface area contributed by atoms with E-state index < -0.39 is 11.9 Å². The lowest BCUT2D eigenvalue weighted by atomic mass is 10.1. The number of rotatable bonds is 3. The second kappa shape index (κ2) is 5.72. The Labute approximate surface area is 129 Å². The van der Waals surface area contributed by atoms with Gasteiger partial charge in [-0.05, 0) is 41.8 Å². The third-order valence-corrected chi connectivity index (χ3v) is 4.86. The van der Waals surface area contributed by atoms with Crippen LogP contribution < -0.4 is 0 Å². The summed E-state index contributed by atoms with van der Waals surface area (Å²) in [5, 5.41) is 11.3. The van der Waals surface area contributed by atoms with Gasteiger partial charge in [0.25, 0.3) is 0 Å². The zero-order valence-corrected chi connectivity index (χ0v) is 12.4. The molecule has 0 fully saturated rings. The van der Waals surface area contributed by atoms with E-state index in [2.05, 4.69) is 0 Å². The van der Waals surface area contributed by atoms with Gasteiger partial charge in [0.15, 0.2) is 0 Å². The van der Waals surface area contributed by atoms with E-state index in [0.29, 0.717) is 9.90 Å². The molecule has 2 aromatic carbocycles. The number of aliphatic hydroxyl groups excluding tert-OH is 1. The summed E-state index contributed by atoms with van der Waals surface area (Å²) in [7, 11) is 0. The number of thiophene rings is 1. The van der Waals surface area contributed by atoms with Gasteiger partial charge >= 0.3 is 0 Å². The molecule has 1 atom stereocenters. The third kappa shape index (κ3) is 2.93. The minimum atomic E-state index is -0.875. The third-order valence-electron chi connectivity index (χ3n) is 3.28. The van der Waals surface area contributed by atoms with Crippen LogP contribution in [0.2, 0.25) is 5.02 Å². The highest BCUT2D eigenvalue weighted by Crippen LogP contribution is 2.33. The summed E-state index contributed by atoms with van der Waals surface area (Å²) in [6, 6.07) is 10.6. The SMILES string of the molecule is OC(Cc1c(F)cccc1Cl)c1cc2cc(F)ccc2s1. The summed E-state index contributed by atoms with van der Waals surface area (Å²) in [5.74, 6) is -0.757. The van der Waals surface area contributed by atoms with Crippen molar-refractivity contribution in [3.63, 3.8) is 0 Å². The van der Waals surface area contributed by atoms with Crippen LogP contribution in [0.3, 0.4) is 0 Å². The molecule has 3 aromatic rings. The van der Waals surface area contributed by atoms with E-state index in [1.54, 1.807) is 18.2 Å². The highest BCUT2D eigenvalue weighted by Gasteiger charge is 2.16. The van der Waals surface area contributed by atoms with Crippen molar-refractivity contribution in [2.75, 3.05) is 0 Å². The van der Waals surface area contributed by atoms with E-state index in [4.69, 9.17) is 11.6 Å². The fourth-order valence-corrected chi connectivity index (χ4v) is 3.49. The van der Waals surface area contributed by atoms with Gasteiger partial charge in [0, 0.05) is 26.6 Å². The average molecular weight is 325 g/mol. The quantitative estimate of drug-likeness (QED) is 0.710. The molecule has 0 saturated heterocycles. The number of benzene rings is 2. The van der Waals surface area contributed by atoms with Crippen LogP contribution in [0.5, 0.6) is 0 Å². The lowest BCUT2D eigenvalue weighted by Crippen LogP contribution is -2.02. The zero-order valence-electron chi connectivity index (χ0n) is 10.8. The van der Waals surface area contributed by atoms with Gasteiger partial charge in [0.2, 0.25) is 0 Å². The van der Waals surface area contributed by atoms with Crippen molar-refractivity contribution in [1.82, 2.24) is 0 Å². The zero-order chi connectivity index (χ0) is 15.0. The van der Waals surface area contributed by atoms with Crippen molar-refractivity contribution in [2.45, 2.75) is 12.5 Å². The van der Waals surface area contributed by atoms with Crippen LogP contribution in [-0.2, 0) is 6.42 Å². The minimum absolute atomic E-state index is 0.0841. The second-order valence-electron chi connectivity index (χ2n) is 4.75.